The van der Waals surface area contributed by atoms with Crippen molar-refractivity contribution in [3.05, 3.63) is 41.2 Å². The third-order valence-electron chi connectivity index (χ3n) is 4.53. The maximum absolute atomic E-state index is 13.4. The molecule has 140 valence electrons. The zero-order valence-electron chi connectivity index (χ0n) is 15.0. The van der Waals surface area contributed by atoms with Crippen LogP contribution in [0, 0.1) is 0 Å². The molecule has 0 bridgehead atoms. The van der Waals surface area contributed by atoms with Crippen LogP contribution in [0.3, 0.4) is 0 Å². The molecule has 7 nitrogen and oxygen atoms in total. The summed E-state index contributed by atoms with van der Waals surface area (Å²) in [5.41, 5.74) is 1.56. The Bertz CT molecular complexity index is 929. The molecule has 1 aromatic heterocycles. The standard InChI is InChI=1S/C18H22N2O5S/c1-4-25-18(21)16-17(14-9-10-19-11-15(14)20(16)2)26(22,23)13-7-5-12(24-3)6-8-13/h5-8,19H,4,9-11H2,1-3H3. The van der Waals surface area contributed by atoms with E-state index in [9.17, 15) is 13.2 Å². The Hall–Kier alpha value is -2.32. The van der Waals surface area contributed by atoms with Crippen molar-refractivity contribution in [3.8, 4) is 5.75 Å². The molecule has 1 N–H and O–H groups in total. The number of nitrogens with one attached hydrogen (secondary N) is 1. The van der Waals surface area contributed by atoms with E-state index in [0.29, 0.717) is 30.8 Å². The number of aromatic nitrogens is 1. The minimum atomic E-state index is -3.88. The molecule has 0 spiro atoms. The van der Waals surface area contributed by atoms with Gasteiger partial charge < -0.3 is 19.4 Å². The number of hydrogen-bond donors (Lipinski definition) is 1. The van der Waals surface area contributed by atoms with Crippen molar-refractivity contribution in [3.63, 3.8) is 0 Å². The van der Waals surface area contributed by atoms with Crippen LogP contribution in [0.25, 0.3) is 0 Å². The zero-order valence-corrected chi connectivity index (χ0v) is 15.9. The lowest BCUT2D eigenvalue weighted by atomic mass is 10.1. The molecule has 3 rings (SSSR count). The van der Waals surface area contributed by atoms with E-state index in [0.717, 1.165) is 5.69 Å². The van der Waals surface area contributed by atoms with E-state index in [2.05, 4.69) is 5.32 Å². The molecule has 2 heterocycles. The van der Waals surface area contributed by atoms with Gasteiger partial charge in [0.25, 0.3) is 0 Å². The summed E-state index contributed by atoms with van der Waals surface area (Å²) in [5.74, 6) is -0.0645. The van der Waals surface area contributed by atoms with Crippen LogP contribution in [0.15, 0.2) is 34.1 Å². The molecule has 0 atom stereocenters. The first kappa shape index (κ1) is 18.5. The lowest BCUT2D eigenvalue weighted by Gasteiger charge is -2.15. The number of benzene rings is 1. The van der Waals surface area contributed by atoms with Crippen LogP contribution in [0.5, 0.6) is 5.75 Å². The molecule has 26 heavy (non-hydrogen) atoms. The smallest absolute Gasteiger partial charge is 0.356 e. The van der Waals surface area contributed by atoms with Crippen molar-refractivity contribution in [1.29, 1.82) is 0 Å². The Labute approximate surface area is 152 Å². The van der Waals surface area contributed by atoms with Crippen LogP contribution >= 0.6 is 0 Å². The summed E-state index contributed by atoms with van der Waals surface area (Å²) in [5, 5.41) is 3.22. The molecular formula is C18H22N2O5S. The predicted octanol–water partition coefficient (Wildman–Crippen LogP) is 1.69. The highest BCUT2D eigenvalue weighted by molar-refractivity contribution is 7.91. The summed E-state index contributed by atoms with van der Waals surface area (Å²) in [6.07, 6.45) is 0.535. The van der Waals surface area contributed by atoms with Gasteiger partial charge in [0.2, 0.25) is 9.84 Å². The molecule has 1 aliphatic rings. The molecule has 0 aliphatic carbocycles. The predicted molar refractivity (Wildman–Crippen MR) is 95.2 cm³/mol. The van der Waals surface area contributed by atoms with Crippen molar-refractivity contribution >= 4 is 15.8 Å². The van der Waals surface area contributed by atoms with Gasteiger partial charge in [0.05, 0.1) is 18.6 Å². The molecule has 0 unspecified atom stereocenters. The topological polar surface area (TPSA) is 86.6 Å². The molecule has 0 amide bonds. The van der Waals surface area contributed by atoms with E-state index in [4.69, 9.17) is 9.47 Å². The van der Waals surface area contributed by atoms with E-state index in [-0.39, 0.29) is 22.1 Å². The molecule has 0 fully saturated rings. The van der Waals surface area contributed by atoms with Crippen LogP contribution in [0.2, 0.25) is 0 Å². The second-order valence-corrected chi connectivity index (χ2v) is 7.87. The molecule has 8 heteroatoms. The first-order valence-electron chi connectivity index (χ1n) is 8.39. The molecule has 1 aromatic carbocycles. The van der Waals surface area contributed by atoms with Gasteiger partial charge in [-0.2, -0.15) is 0 Å². The molecule has 0 radical (unpaired) electrons. The van der Waals surface area contributed by atoms with E-state index < -0.39 is 15.8 Å². The first-order chi connectivity index (χ1) is 12.4. The quantitative estimate of drug-likeness (QED) is 0.797. The lowest BCUT2D eigenvalue weighted by Crippen LogP contribution is -2.25. The Morgan fingerprint density at radius 2 is 1.96 bits per heavy atom. The van der Waals surface area contributed by atoms with Gasteiger partial charge >= 0.3 is 5.97 Å². The van der Waals surface area contributed by atoms with Crippen LogP contribution in [0.1, 0.15) is 28.7 Å². The van der Waals surface area contributed by atoms with E-state index in [1.165, 1.54) is 19.2 Å². The van der Waals surface area contributed by atoms with Crippen molar-refractivity contribution in [2.24, 2.45) is 7.05 Å². The Morgan fingerprint density at radius 3 is 2.58 bits per heavy atom. The third kappa shape index (κ3) is 2.99. The molecule has 0 saturated carbocycles. The van der Waals surface area contributed by atoms with Crippen molar-refractivity contribution in [1.82, 2.24) is 9.88 Å². The third-order valence-corrected chi connectivity index (χ3v) is 6.40. The Morgan fingerprint density at radius 1 is 1.27 bits per heavy atom. The fraction of sp³-hybridized carbons (Fsp3) is 0.389. The molecular weight excluding hydrogens is 356 g/mol. The highest BCUT2D eigenvalue weighted by Gasteiger charge is 2.35. The van der Waals surface area contributed by atoms with Crippen LogP contribution < -0.4 is 10.1 Å². The van der Waals surface area contributed by atoms with Gasteiger partial charge in [0, 0.05) is 19.3 Å². The van der Waals surface area contributed by atoms with Crippen LogP contribution in [-0.2, 0) is 34.6 Å². The second-order valence-electron chi connectivity index (χ2n) is 5.99. The van der Waals surface area contributed by atoms with Gasteiger partial charge in [-0.15, -0.1) is 0 Å². The maximum atomic E-state index is 13.4. The molecule has 1 aliphatic heterocycles. The van der Waals surface area contributed by atoms with Crippen molar-refractivity contribution < 1.29 is 22.7 Å². The number of methoxy groups -OCH3 is 1. The summed E-state index contributed by atoms with van der Waals surface area (Å²) in [7, 11) is -0.667. The number of esters is 1. The fourth-order valence-electron chi connectivity index (χ4n) is 3.26. The summed E-state index contributed by atoms with van der Waals surface area (Å²) in [4.78, 5) is 12.7. The number of rotatable bonds is 5. The lowest BCUT2D eigenvalue weighted by molar-refractivity contribution is 0.0510. The SMILES string of the molecule is CCOC(=O)c1c(S(=O)(=O)c2ccc(OC)cc2)c2c(n1C)CNCC2. The number of nitrogens with zero attached hydrogens (tertiary/aromatic N) is 1. The summed E-state index contributed by atoms with van der Waals surface area (Å²) in [6.45, 7) is 3.04. The highest BCUT2D eigenvalue weighted by Crippen LogP contribution is 2.34. The summed E-state index contributed by atoms with van der Waals surface area (Å²) in [6, 6.07) is 6.16. The van der Waals surface area contributed by atoms with Crippen LogP contribution in [0.4, 0.5) is 0 Å². The Kier molecular flexibility index (Phi) is 5.06. The number of ether oxygens (including phenoxy) is 2. The summed E-state index contributed by atoms with van der Waals surface area (Å²) >= 11 is 0. The monoisotopic (exact) mass is 378 g/mol. The Balaban J connectivity index is 2.23. The average Bonchev–Trinajstić information content (AvgIpc) is 2.96. The van der Waals surface area contributed by atoms with E-state index in [1.807, 2.05) is 0 Å². The number of sulfone groups is 1. The fourth-order valence-corrected chi connectivity index (χ4v) is 5.01. The molecule has 0 saturated heterocycles. The molecule has 2 aromatic rings. The number of hydrogen-bond acceptors (Lipinski definition) is 6. The minimum absolute atomic E-state index is 0.0557. The van der Waals surface area contributed by atoms with E-state index >= 15 is 0 Å². The summed E-state index contributed by atoms with van der Waals surface area (Å²) < 4.78 is 38.6. The number of carbonyl (C=O) groups excluding carboxylic acids is 1. The van der Waals surface area contributed by atoms with Gasteiger partial charge in [-0.1, -0.05) is 0 Å². The van der Waals surface area contributed by atoms with Gasteiger partial charge in [0.15, 0.2) is 0 Å². The van der Waals surface area contributed by atoms with Crippen LogP contribution in [-0.4, -0.2) is 39.2 Å². The number of carbonyl (C=O) groups is 1. The minimum Gasteiger partial charge on any atom is -0.497 e. The zero-order chi connectivity index (χ0) is 18.9. The second kappa shape index (κ2) is 7.13. The normalized spacial score (nSPS) is 14.0. The van der Waals surface area contributed by atoms with Gasteiger partial charge in [0.1, 0.15) is 16.3 Å². The van der Waals surface area contributed by atoms with E-state index in [1.54, 1.807) is 30.7 Å². The van der Waals surface area contributed by atoms with Gasteiger partial charge in [-0.25, -0.2) is 13.2 Å². The maximum Gasteiger partial charge on any atom is 0.356 e. The largest absolute Gasteiger partial charge is 0.497 e. The van der Waals surface area contributed by atoms with Crippen molar-refractivity contribution in [2.45, 2.75) is 29.7 Å². The number of fused-ring (bicyclic) bond motifs is 1. The van der Waals surface area contributed by atoms with Gasteiger partial charge in [-0.3, -0.25) is 0 Å². The first-order valence-corrected chi connectivity index (χ1v) is 9.87. The van der Waals surface area contributed by atoms with Crippen molar-refractivity contribution in [2.75, 3.05) is 20.3 Å². The highest BCUT2D eigenvalue weighted by atomic mass is 32.2. The van der Waals surface area contributed by atoms with Gasteiger partial charge in [-0.05, 0) is 49.7 Å². The average molecular weight is 378 g/mol.